The lowest BCUT2D eigenvalue weighted by atomic mass is 9.62. The molecule has 0 atom stereocenters. The molecular weight excluding hydrogens is 520 g/mol. The normalized spacial score (nSPS) is 16.1. The molecule has 1 saturated carbocycles. The van der Waals surface area contributed by atoms with Crippen molar-refractivity contribution in [1.29, 1.82) is 0 Å². The second kappa shape index (κ2) is 9.47. The summed E-state index contributed by atoms with van der Waals surface area (Å²) in [5, 5.41) is 0.746. The van der Waals surface area contributed by atoms with E-state index in [9.17, 15) is 4.79 Å². The van der Waals surface area contributed by atoms with Crippen LogP contribution in [0.1, 0.15) is 54.6 Å². The molecule has 0 aliphatic heterocycles. The summed E-state index contributed by atoms with van der Waals surface area (Å²) in [6.45, 7) is 0.395. The lowest BCUT2D eigenvalue weighted by molar-refractivity contribution is 0.282. The zero-order valence-electron chi connectivity index (χ0n) is 19.5. The summed E-state index contributed by atoms with van der Waals surface area (Å²) in [6, 6.07) is 20.7. The first kappa shape index (κ1) is 22.9. The van der Waals surface area contributed by atoms with Crippen molar-refractivity contribution in [3.05, 3.63) is 104 Å². The van der Waals surface area contributed by atoms with Crippen LogP contribution in [0.4, 0.5) is 0 Å². The van der Waals surface area contributed by atoms with Gasteiger partial charge in [0, 0.05) is 21.2 Å². The van der Waals surface area contributed by atoms with E-state index in [0.29, 0.717) is 6.54 Å². The fourth-order valence-electron chi connectivity index (χ4n) is 5.76. The molecule has 35 heavy (non-hydrogen) atoms. The van der Waals surface area contributed by atoms with Gasteiger partial charge in [-0.05, 0) is 54.7 Å². The van der Waals surface area contributed by atoms with Gasteiger partial charge in [0.1, 0.15) is 5.76 Å². The lowest BCUT2D eigenvalue weighted by Gasteiger charge is -2.42. The van der Waals surface area contributed by atoms with E-state index < -0.39 is 0 Å². The number of benzene rings is 2. The van der Waals surface area contributed by atoms with Crippen LogP contribution in [0.3, 0.4) is 0 Å². The zero-order valence-corrected chi connectivity index (χ0v) is 21.9. The second-order valence-corrected chi connectivity index (χ2v) is 11.5. The van der Waals surface area contributed by atoms with E-state index in [0.717, 1.165) is 57.2 Å². The van der Waals surface area contributed by atoms with Gasteiger partial charge in [0.15, 0.2) is 5.16 Å². The monoisotopic (exact) mass is 546 g/mol. The Morgan fingerprint density at radius 3 is 2.57 bits per heavy atom. The van der Waals surface area contributed by atoms with Crippen LogP contribution in [0.5, 0.6) is 0 Å². The molecule has 1 fully saturated rings. The maximum absolute atomic E-state index is 14.4. The number of aromatic nitrogens is 2. The minimum atomic E-state index is -0.119. The van der Waals surface area contributed by atoms with Crippen molar-refractivity contribution >= 4 is 27.7 Å². The Kier molecular flexibility index (Phi) is 6.19. The maximum Gasteiger partial charge on any atom is 0.258 e. The molecule has 0 bridgehead atoms. The number of halogens is 1. The first-order valence-electron chi connectivity index (χ1n) is 12.3. The van der Waals surface area contributed by atoms with E-state index in [-0.39, 0.29) is 11.0 Å². The van der Waals surface area contributed by atoms with Crippen LogP contribution in [0.2, 0.25) is 0 Å². The predicted octanol–water partition coefficient (Wildman–Crippen LogP) is 7.36. The molecule has 0 N–H and O–H groups in total. The molecule has 6 rings (SSSR count). The van der Waals surface area contributed by atoms with E-state index in [2.05, 4.69) is 64.5 Å². The van der Waals surface area contributed by atoms with Crippen LogP contribution in [0.15, 0.2) is 85.8 Å². The molecule has 2 aliphatic carbocycles. The van der Waals surface area contributed by atoms with Crippen LogP contribution in [-0.2, 0) is 24.1 Å². The third-order valence-corrected chi connectivity index (χ3v) is 9.03. The largest absolute Gasteiger partial charge is 0.467 e. The van der Waals surface area contributed by atoms with Gasteiger partial charge in [-0.3, -0.25) is 9.36 Å². The molecule has 2 aromatic heterocycles. The summed E-state index contributed by atoms with van der Waals surface area (Å²) in [5.74, 6) is 1.51. The van der Waals surface area contributed by atoms with Gasteiger partial charge in [-0.15, -0.1) is 0 Å². The van der Waals surface area contributed by atoms with Crippen molar-refractivity contribution in [2.45, 2.75) is 61.4 Å². The molecular formula is C29H27BrN2O2S. The van der Waals surface area contributed by atoms with E-state index in [1.165, 1.54) is 30.4 Å². The fraction of sp³-hybridized carbons (Fsp3) is 0.310. The summed E-state index contributed by atoms with van der Waals surface area (Å²) in [6.07, 6.45) is 8.28. The van der Waals surface area contributed by atoms with E-state index in [4.69, 9.17) is 9.40 Å². The van der Waals surface area contributed by atoms with Crippen LogP contribution >= 0.6 is 27.7 Å². The molecule has 0 radical (unpaired) electrons. The highest BCUT2D eigenvalue weighted by atomic mass is 79.9. The summed E-state index contributed by atoms with van der Waals surface area (Å²) in [7, 11) is 0. The Labute approximate surface area is 217 Å². The third-order valence-electron chi connectivity index (χ3n) is 7.45. The highest BCUT2D eigenvalue weighted by Gasteiger charge is 2.43. The van der Waals surface area contributed by atoms with E-state index >= 15 is 0 Å². The first-order valence-corrected chi connectivity index (χ1v) is 14.0. The quantitative estimate of drug-likeness (QED) is 0.193. The van der Waals surface area contributed by atoms with Crippen molar-refractivity contribution < 1.29 is 4.42 Å². The number of nitrogens with zero attached hydrogens (tertiary/aromatic N) is 2. The smallest absolute Gasteiger partial charge is 0.258 e. The number of thioether (sulfide) groups is 1. The average molecular weight is 548 g/mol. The Hall–Kier alpha value is -2.57. The molecule has 178 valence electrons. The highest BCUT2D eigenvalue weighted by Crippen LogP contribution is 2.48. The number of rotatable bonds is 5. The predicted molar refractivity (Wildman–Crippen MR) is 144 cm³/mol. The molecule has 0 saturated heterocycles. The van der Waals surface area contributed by atoms with Crippen LogP contribution < -0.4 is 5.56 Å². The van der Waals surface area contributed by atoms with Crippen LogP contribution in [0, 0.1) is 0 Å². The highest BCUT2D eigenvalue weighted by molar-refractivity contribution is 9.10. The zero-order chi connectivity index (χ0) is 23.8. The lowest BCUT2D eigenvalue weighted by Crippen LogP contribution is -2.43. The van der Waals surface area contributed by atoms with Gasteiger partial charge in [-0.1, -0.05) is 83.4 Å². The molecule has 1 spiro atoms. The van der Waals surface area contributed by atoms with Gasteiger partial charge in [-0.25, -0.2) is 4.98 Å². The standard InChI is InChI=1S/C29H27BrN2O2S/c30-22-12-10-20(11-13-22)19-35-28-31-26-24-9-3-2-7-21(24)17-29(14-4-1-5-15-29)25(26)27(33)32(28)18-23-8-6-16-34-23/h2-3,6-13,16H,1,4-5,14-15,17-19H2. The van der Waals surface area contributed by atoms with Gasteiger partial charge in [0.2, 0.25) is 0 Å². The Morgan fingerprint density at radius 1 is 1.00 bits per heavy atom. The van der Waals surface area contributed by atoms with Gasteiger partial charge < -0.3 is 4.42 Å². The molecule has 0 unspecified atom stereocenters. The Morgan fingerprint density at radius 2 is 1.80 bits per heavy atom. The fourth-order valence-corrected chi connectivity index (χ4v) is 6.97. The van der Waals surface area contributed by atoms with Crippen molar-refractivity contribution in [1.82, 2.24) is 9.55 Å². The molecule has 6 heteroatoms. The van der Waals surface area contributed by atoms with Crippen molar-refractivity contribution in [2.75, 3.05) is 0 Å². The van der Waals surface area contributed by atoms with Gasteiger partial charge in [0.05, 0.1) is 24.1 Å². The Bertz CT molecular complexity index is 1400. The first-order chi connectivity index (χ1) is 17.1. The molecule has 2 heterocycles. The van der Waals surface area contributed by atoms with E-state index in [1.807, 2.05) is 16.7 Å². The second-order valence-electron chi connectivity index (χ2n) is 9.68. The van der Waals surface area contributed by atoms with Crippen molar-refractivity contribution in [3.8, 4) is 11.3 Å². The van der Waals surface area contributed by atoms with E-state index in [1.54, 1.807) is 18.0 Å². The number of furan rings is 1. The minimum absolute atomic E-state index is 0.0982. The number of fused-ring (bicyclic) bond motifs is 4. The van der Waals surface area contributed by atoms with Gasteiger partial charge >= 0.3 is 0 Å². The molecule has 4 nitrogen and oxygen atoms in total. The topological polar surface area (TPSA) is 48.0 Å². The van der Waals surface area contributed by atoms with Gasteiger partial charge in [0.25, 0.3) is 5.56 Å². The maximum atomic E-state index is 14.4. The molecule has 4 aromatic rings. The van der Waals surface area contributed by atoms with Crippen molar-refractivity contribution in [3.63, 3.8) is 0 Å². The minimum Gasteiger partial charge on any atom is -0.467 e. The van der Waals surface area contributed by atoms with Crippen molar-refractivity contribution in [2.24, 2.45) is 0 Å². The van der Waals surface area contributed by atoms with Crippen LogP contribution in [0.25, 0.3) is 11.3 Å². The number of hydrogen-bond donors (Lipinski definition) is 0. The third kappa shape index (κ3) is 4.31. The molecule has 2 aliphatic rings. The Balaban J connectivity index is 1.51. The average Bonchev–Trinajstić information content (AvgIpc) is 3.39. The van der Waals surface area contributed by atoms with Crippen LogP contribution in [-0.4, -0.2) is 9.55 Å². The molecule has 0 amide bonds. The SMILES string of the molecule is O=c1c2c(nc(SCc3ccc(Br)cc3)n1Cc1ccco1)-c1ccccc1CC21CCCCC1. The summed E-state index contributed by atoms with van der Waals surface area (Å²) < 4.78 is 8.57. The summed E-state index contributed by atoms with van der Waals surface area (Å²) in [5.41, 5.74) is 5.43. The van der Waals surface area contributed by atoms with Gasteiger partial charge in [-0.2, -0.15) is 0 Å². The number of hydrogen-bond acceptors (Lipinski definition) is 4. The summed E-state index contributed by atoms with van der Waals surface area (Å²) >= 11 is 5.13. The molecule has 2 aromatic carbocycles. The summed E-state index contributed by atoms with van der Waals surface area (Å²) in [4.78, 5) is 19.6.